The molecule has 258 valence electrons. The Kier molecular flexibility index (Phi) is 8.59. The Morgan fingerprint density at radius 3 is 2.73 bits per heavy atom. The number of benzene rings is 2. The van der Waals surface area contributed by atoms with Crippen LogP contribution in [0.25, 0.3) is 0 Å². The summed E-state index contributed by atoms with van der Waals surface area (Å²) in [5.74, 6) is 1.51. The van der Waals surface area contributed by atoms with Gasteiger partial charge in [0.2, 0.25) is 0 Å². The average Bonchev–Trinajstić information content (AvgIpc) is 3.56. The van der Waals surface area contributed by atoms with E-state index in [-0.39, 0.29) is 42.6 Å². The third-order valence-electron chi connectivity index (χ3n) is 11.8. The predicted octanol–water partition coefficient (Wildman–Crippen LogP) is 5.52. The molecule has 6 atom stereocenters. The summed E-state index contributed by atoms with van der Waals surface area (Å²) in [4.78, 5) is 28.2. The number of aliphatic hydroxyl groups excluding tert-OH is 1. The minimum absolute atomic E-state index is 0.00285. The zero-order valence-corrected chi connectivity index (χ0v) is 27.8. The van der Waals surface area contributed by atoms with E-state index in [1.165, 1.54) is 57.0 Å². The number of amides is 3. The number of carbonyl (C=O) groups excluding carboxylic acids is 2. The standard InChI is InChI=1S/C19H18F2N6O2.C18H24O2/c1-25-8-12(20)9-27-17(18(25)28)14-10-26(5-4-16(14)24-27)19(29)23-13-2-3-15(21)11(6-13)7-22;1-18-9-8-14-13-5-3-12(19)10-11(13)2-4-15(14)16(18)6-7-17(18)20/h2-3,6,12H,4-5,8-10H2,1H3,(H,23,29);3,5,10,14-17,19-20H,2,4,6-9H2,1H3/t12-;14-,15-,16+,17+,18+/m11/s1. The molecule has 3 amide bonds. The fourth-order valence-electron chi connectivity index (χ4n) is 9.21. The maximum absolute atomic E-state index is 14.1. The first-order valence-corrected chi connectivity index (χ1v) is 17.2. The van der Waals surface area contributed by atoms with Crippen molar-refractivity contribution in [3.8, 4) is 11.8 Å². The van der Waals surface area contributed by atoms with E-state index in [9.17, 15) is 28.6 Å². The maximum atomic E-state index is 14.1. The smallest absolute Gasteiger partial charge is 0.322 e. The number of aryl methyl sites for hydroxylation is 1. The normalized spacial score (nSPS) is 28.4. The molecule has 0 spiro atoms. The Morgan fingerprint density at radius 1 is 1.12 bits per heavy atom. The first kappa shape index (κ1) is 33.0. The fourth-order valence-corrected chi connectivity index (χ4v) is 9.21. The van der Waals surface area contributed by atoms with Crippen molar-refractivity contribution in [3.05, 3.63) is 75.9 Å². The van der Waals surface area contributed by atoms with Gasteiger partial charge in [-0.3, -0.25) is 9.48 Å². The van der Waals surface area contributed by atoms with Crippen molar-refractivity contribution in [3.63, 3.8) is 0 Å². The number of alkyl halides is 1. The molecular weight excluding hydrogens is 630 g/mol. The number of aromatic nitrogens is 2. The molecule has 0 radical (unpaired) electrons. The number of phenols is 1. The van der Waals surface area contributed by atoms with Gasteiger partial charge in [0.05, 0.1) is 37.0 Å². The second kappa shape index (κ2) is 12.8. The van der Waals surface area contributed by atoms with Gasteiger partial charge in [0.15, 0.2) is 0 Å². The molecule has 3 N–H and O–H groups in total. The van der Waals surface area contributed by atoms with Crippen LogP contribution in [-0.4, -0.2) is 74.1 Å². The number of nitrogens with zero attached hydrogens (tertiary/aromatic N) is 5. The molecule has 0 unspecified atom stereocenters. The van der Waals surface area contributed by atoms with Gasteiger partial charge in [0, 0.05) is 31.3 Å². The van der Waals surface area contributed by atoms with Gasteiger partial charge in [-0.1, -0.05) is 13.0 Å². The summed E-state index contributed by atoms with van der Waals surface area (Å²) in [6.07, 6.45) is 6.00. The molecule has 1 aromatic heterocycles. The van der Waals surface area contributed by atoms with E-state index in [2.05, 4.69) is 23.4 Å². The molecule has 10 nitrogen and oxygen atoms in total. The molecule has 5 aliphatic rings. The molecule has 2 aliphatic heterocycles. The van der Waals surface area contributed by atoms with Crippen molar-refractivity contribution >= 4 is 17.6 Å². The minimum Gasteiger partial charge on any atom is -0.508 e. The summed E-state index contributed by atoms with van der Waals surface area (Å²) in [5, 5.41) is 36.0. The van der Waals surface area contributed by atoms with Gasteiger partial charge in [-0.25, -0.2) is 13.6 Å². The molecule has 2 fully saturated rings. The molecule has 3 aromatic rings. The van der Waals surface area contributed by atoms with Crippen molar-refractivity contribution in [2.75, 3.05) is 25.5 Å². The van der Waals surface area contributed by atoms with E-state index >= 15 is 0 Å². The summed E-state index contributed by atoms with van der Waals surface area (Å²) in [6.45, 7) is 2.83. The first-order chi connectivity index (χ1) is 23.5. The Morgan fingerprint density at radius 2 is 1.94 bits per heavy atom. The third kappa shape index (κ3) is 5.92. The molecule has 12 heteroatoms. The number of urea groups is 1. The molecule has 2 aromatic carbocycles. The maximum Gasteiger partial charge on any atom is 0.322 e. The van der Waals surface area contributed by atoms with Crippen molar-refractivity contribution in [1.29, 1.82) is 5.26 Å². The number of halogens is 2. The van der Waals surface area contributed by atoms with Crippen LogP contribution in [0.3, 0.4) is 0 Å². The van der Waals surface area contributed by atoms with Crippen LogP contribution in [0.4, 0.5) is 19.3 Å². The molecular formula is C37H42F2N6O4. The van der Waals surface area contributed by atoms with E-state index in [0.29, 0.717) is 53.2 Å². The Bertz CT molecular complexity index is 1840. The number of phenolic OH excluding ortho intramolecular Hbond substituents is 1. The molecule has 3 aliphatic carbocycles. The van der Waals surface area contributed by atoms with Crippen LogP contribution in [0.5, 0.6) is 5.75 Å². The number of aromatic hydroxyl groups is 1. The van der Waals surface area contributed by atoms with Gasteiger partial charge < -0.3 is 25.3 Å². The Labute approximate surface area is 284 Å². The number of aliphatic hydroxyl groups is 1. The van der Waals surface area contributed by atoms with Crippen LogP contribution < -0.4 is 5.32 Å². The second-order valence-electron chi connectivity index (χ2n) is 14.6. The Hall–Kier alpha value is -4.50. The molecule has 8 rings (SSSR count). The lowest BCUT2D eigenvalue weighted by Gasteiger charge is -2.50. The molecule has 0 saturated heterocycles. The van der Waals surface area contributed by atoms with Gasteiger partial charge in [-0.15, -0.1) is 0 Å². The van der Waals surface area contributed by atoms with Crippen LogP contribution in [0.1, 0.15) is 83.4 Å². The highest BCUT2D eigenvalue weighted by Gasteiger charge is 2.54. The van der Waals surface area contributed by atoms with Gasteiger partial charge in [-0.2, -0.15) is 10.4 Å². The SMILES string of the molecule is CN1C[C@@H](F)Cn2nc3c(c2C1=O)CN(C(=O)Nc1ccc(F)c(C#N)c1)CC3.C[C@]12CC[C@@H]3c4ccc(O)cc4CC[C@H]3[C@@H]1CC[C@@H]2O. The molecule has 2 saturated carbocycles. The van der Waals surface area contributed by atoms with Crippen LogP contribution in [0, 0.1) is 34.4 Å². The monoisotopic (exact) mass is 672 g/mol. The van der Waals surface area contributed by atoms with E-state index in [1.807, 2.05) is 12.1 Å². The van der Waals surface area contributed by atoms with E-state index in [1.54, 1.807) is 13.1 Å². The third-order valence-corrected chi connectivity index (χ3v) is 11.8. The minimum atomic E-state index is -1.21. The summed E-state index contributed by atoms with van der Waals surface area (Å²) in [6, 6.07) is 11.0. The van der Waals surface area contributed by atoms with Crippen LogP contribution in [0.15, 0.2) is 36.4 Å². The lowest BCUT2D eigenvalue weighted by Crippen LogP contribution is -2.43. The van der Waals surface area contributed by atoms with Gasteiger partial charge in [0.1, 0.15) is 29.5 Å². The lowest BCUT2D eigenvalue weighted by atomic mass is 9.55. The zero-order chi connectivity index (χ0) is 34.6. The largest absolute Gasteiger partial charge is 0.508 e. The highest BCUT2D eigenvalue weighted by Crippen LogP contribution is 2.60. The van der Waals surface area contributed by atoms with Gasteiger partial charge >= 0.3 is 6.03 Å². The fraction of sp³-hybridized carbons (Fsp3) is 0.514. The summed E-state index contributed by atoms with van der Waals surface area (Å²) in [5.41, 5.74) is 4.74. The first-order valence-electron chi connectivity index (χ1n) is 17.2. The summed E-state index contributed by atoms with van der Waals surface area (Å²) < 4.78 is 28.9. The van der Waals surface area contributed by atoms with Gasteiger partial charge in [-0.05, 0) is 103 Å². The van der Waals surface area contributed by atoms with Crippen LogP contribution in [0.2, 0.25) is 0 Å². The lowest BCUT2D eigenvalue weighted by molar-refractivity contribution is -0.0226. The van der Waals surface area contributed by atoms with E-state index < -0.39 is 18.0 Å². The number of hydrogen-bond donors (Lipinski definition) is 3. The molecule has 0 bridgehead atoms. The quantitative estimate of drug-likeness (QED) is 0.312. The second-order valence-corrected chi connectivity index (χ2v) is 14.6. The van der Waals surface area contributed by atoms with E-state index in [0.717, 1.165) is 31.2 Å². The van der Waals surface area contributed by atoms with Crippen molar-refractivity contribution < 1.29 is 28.6 Å². The van der Waals surface area contributed by atoms with Gasteiger partial charge in [0.25, 0.3) is 5.91 Å². The van der Waals surface area contributed by atoms with Crippen molar-refractivity contribution in [1.82, 2.24) is 19.6 Å². The number of hydrogen-bond acceptors (Lipinski definition) is 6. The summed E-state index contributed by atoms with van der Waals surface area (Å²) >= 11 is 0. The molecule has 49 heavy (non-hydrogen) atoms. The highest BCUT2D eigenvalue weighted by molar-refractivity contribution is 5.95. The zero-order valence-electron chi connectivity index (χ0n) is 27.8. The number of nitrogens with one attached hydrogen (secondary N) is 1. The van der Waals surface area contributed by atoms with Crippen molar-refractivity contribution in [2.24, 2.45) is 17.3 Å². The molecule has 3 heterocycles. The van der Waals surface area contributed by atoms with Crippen molar-refractivity contribution in [2.45, 2.75) is 83.2 Å². The number of rotatable bonds is 1. The van der Waals surface area contributed by atoms with E-state index in [4.69, 9.17) is 5.26 Å². The Balaban J connectivity index is 0.000000165. The highest BCUT2D eigenvalue weighted by atomic mass is 19.1. The average molecular weight is 673 g/mol. The number of carbonyl (C=O) groups is 2. The number of nitriles is 1. The summed E-state index contributed by atoms with van der Waals surface area (Å²) in [7, 11) is 1.54. The number of fused-ring (bicyclic) bond motifs is 8. The predicted molar refractivity (Wildman–Crippen MR) is 177 cm³/mol. The van der Waals surface area contributed by atoms with Crippen LogP contribution >= 0.6 is 0 Å². The topological polar surface area (TPSA) is 135 Å². The van der Waals surface area contributed by atoms with Crippen LogP contribution in [-0.2, 0) is 25.9 Å². The number of anilines is 1.